The van der Waals surface area contributed by atoms with Crippen molar-refractivity contribution in [1.29, 1.82) is 0 Å². The molecule has 0 radical (unpaired) electrons. The van der Waals surface area contributed by atoms with Crippen LogP contribution in [0.2, 0.25) is 0 Å². The van der Waals surface area contributed by atoms with Gasteiger partial charge in [-0.1, -0.05) is 60.1 Å². The molecule has 0 spiro atoms. The second-order valence-electron chi connectivity index (χ2n) is 17.9. The van der Waals surface area contributed by atoms with Crippen molar-refractivity contribution in [2.24, 2.45) is 56.7 Å². The molecule has 2 heterocycles. The van der Waals surface area contributed by atoms with Crippen LogP contribution in [0.15, 0.2) is 11.6 Å². The van der Waals surface area contributed by atoms with Crippen LogP contribution in [0, 0.1) is 56.7 Å². The number of fused-ring (bicyclic) bond motifs is 3. The van der Waals surface area contributed by atoms with E-state index in [0.717, 1.165) is 38.5 Å². The van der Waals surface area contributed by atoms with E-state index in [2.05, 4.69) is 59.9 Å². The van der Waals surface area contributed by atoms with E-state index in [9.17, 15) is 19.5 Å². The molecule has 4 aliphatic carbocycles. The van der Waals surface area contributed by atoms with E-state index >= 15 is 0 Å². The Hall–Kier alpha value is -1.97. The topological polar surface area (TPSA) is 120 Å². The Morgan fingerprint density at radius 3 is 2.31 bits per heavy atom. The summed E-state index contributed by atoms with van der Waals surface area (Å²) in [7, 11) is 0. The molecule has 270 valence electrons. The van der Waals surface area contributed by atoms with Gasteiger partial charge in [-0.05, 0) is 91.3 Å². The van der Waals surface area contributed by atoms with Crippen LogP contribution in [0.4, 0.5) is 0 Å². The van der Waals surface area contributed by atoms with Gasteiger partial charge in [0.05, 0.1) is 25.7 Å². The number of ether oxygens (including phenoxy) is 4. The van der Waals surface area contributed by atoms with E-state index in [1.807, 2.05) is 0 Å². The van der Waals surface area contributed by atoms with Crippen LogP contribution in [0.1, 0.15) is 107 Å². The zero-order valence-corrected chi connectivity index (χ0v) is 30.7. The molecule has 0 aromatic rings. The number of carbonyl (C=O) groups is 3. The van der Waals surface area contributed by atoms with Crippen LogP contribution < -0.4 is 5.32 Å². The van der Waals surface area contributed by atoms with Crippen molar-refractivity contribution < 1.29 is 38.4 Å². The number of hydrogen-bond donors (Lipinski definition) is 2. The first-order valence-corrected chi connectivity index (χ1v) is 18.7. The van der Waals surface area contributed by atoms with Gasteiger partial charge in [0.1, 0.15) is 12.2 Å². The molecular formula is C39H61NO8. The number of esters is 2. The number of rotatable bonds is 8. The van der Waals surface area contributed by atoms with Gasteiger partial charge < -0.3 is 29.4 Å². The highest BCUT2D eigenvalue weighted by Crippen LogP contribution is 2.75. The molecule has 2 N–H and O–H groups in total. The Morgan fingerprint density at radius 1 is 0.958 bits per heavy atom. The molecule has 6 aliphatic rings. The van der Waals surface area contributed by atoms with E-state index < -0.39 is 34.9 Å². The number of carboxylic acids is 1. The summed E-state index contributed by atoms with van der Waals surface area (Å²) in [6.07, 6.45) is 7.92. The molecule has 0 amide bonds. The van der Waals surface area contributed by atoms with Crippen molar-refractivity contribution >= 4 is 17.9 Å². The Balaban J connectivity index is 1.34. The van der Waals surface area contributed by atoms with Crippen LogP contribution in [0.25, 0.3) is 0 Å². The van der Waals surface area contributed by atoms with Gasteiger partial charge in [0.2, 0.25) is 0 Å². The van der Waals surface area contributed by atoms with Crippen molar-refractivity contribution in [3.05, 3.63) is 11.6 Å². The molecule has 9 heteroatoms. The Bertz CT molecular complexity index is 1310. The third-order valence-electron chi connectivity index (χ3n) is 15.4. The van der Waals surface area contributed by atoms with E-state index in [-0.39, 0.29) is 58.5 Å². The number of aliphatic carboxylic acids is 1. The van der Waals surface area contributed by atoms with Crippen molar-refractivity contribution in [1.82, 2.24) is 5.32 Å². The number of hydrogen-bond acceptors (Lipinski definition) is 8. The van der Waals surface area contributed by atoms with Crippen molar-refractivity contribution in [3.8, 4) is 0 Å². The summed E-state index contributed by atoms with van der Waals surface area (Å²) in [5.41, 5.74) is -0.458. The predicted molar refractivity (Wildman–Crippen MR) is 181 cm³/mol. The van der Waals surface area contributed by atoms with Gasteiger partial charge in [-0.25, -0.2) is 0 Å². The van der Waals surface area contributed by atoms with E-state index in [1.165, 1.54) is 12.5 Å². The molecule has 0 aromatic carbocycles. The van der Waals surface area contributed by atoms with Crippen molar-refractivity contribution in [2.45, 2.75) is 125 Å². The fourth-order valence-electron chi connectivity index (χ4n) is 12.4. The summed E-state index contributed by atoms with van der Waals surface area (Å²) >= 11 is 0. The first-order chi connectivity index (χ1) is 22.5. The first-order valence-electron chi connectivity index (χ1n) is 18.7. The smallest absolute Gasteiger partial charge is 0.320 e. The van der Waals surface area contributed by atoms with Gasteiger partial charge in [-0.15, -0.1) is 0 Å². The van der Waals surface area contributed by atoms with E-state index in [1.54, 1.807) is 0 Å². The third-order valence-corrected chi connectivity index (χ3v) is 15.4. The molecule has 2 aliphatic heterocycles. The molecule has 9 nitrogen and oxygen atoms in total. The van der Waals surface area contributed by atoms with Gasteiger partial charge in [0.15, 0.2) is 0 Å². The summed E-state index contributed by atoms with van der Waals surface area (Å²) in [6, 6.07) is 0.218. The van der Waals surface area contributed by atoms with Crippen molar-refractivity contribution in [3.63, 3.8) is 0 Å². The fraction of sp³-hybridized carbons (Fsp3) is 0.872. The second kappa shape index (κ2) is 12.7. The lowest BCUT2D eigenvalue weighted by molar-refractivity contribution is -0.263. The Kier molecular flexibility index (Phi) is 9.46. The maximum absolute atomic E-state index is 13.4. The zero-order valence-electron chi connectivity index (χ0n) is 30.7. The van der Waals surface area contributed by atoms with Gasteiger partial charge in [-0.2, -0.15) is 0 Å². The lowest BCUT2D eigenvalue weighted by Crippen LogP contribution is -2.70. The lowest BCUT2D eigenvalue weighted by Gasteiger charge is -2.71. The standard InChI is InChI=1S/C39H61NO8/c1-23(2)24(3)35(5)15-16-37(7)27-9-10-30-36(6)21-46-22-39(30,28(27)11-14-38(37,8)32(35)34(43)44)19-29(47-25(4)41)33(36)48-31(42)20-40-26-12-17-45-18-13-26/h11,23-24,26-27,29-30,32-33,40H,9-10,12-22H2,1-8H3,(H,43,44)/t24-,27+,29-,30+,32-,33+,35-,36-,37-,38+,39+/m1/s1. The van der Waals surface area contributed by atoms with Gasteiger partial charge >= 0.3 is 17.9 Å². The van der Waals surface area contributed by atoms with Crippen LogP contribution in [0.5, 0.6) is 0 Å². The van der Waals surface area contributed by atoms with Gasteiger partial charge in [0.25, 0.3) is 0 Å². The number of allylic oxidation sites excluding steroid dienone is 1. The number of nitrogens with one attached hydrogen (secondary N) is 1. The molecule has 5 fully saturated rings. The average Bonchev–Trinajstić information content (AvgIpc) is 3.02. The zero-order chi connectivity index (χ0) is 34.9. The second-order valence-corrected chi connectivity index (χ2v) is 17.9. The van der Waals surface area contributed by atoms with Gasteiger partial charge in [-0.3, -0.25) is 14.4 Å². The molecule has 48 heavy (non-hydrogen) atoms. The van der Waals surface area contributed by atoms with E-state index in [0.29, 0.717) is 45.2 Å². The minimum atomic E-state index is -0.667. The summed E-state index contributed by atoms with van der Waals surface area (Å²) in [5.74, 6) is -0.768. The third kappa shape index (κ3) is 5.39. The summed E-state index contributed by atoms with van der Waals surface area (Å²) in [4.78, 5) is 39.3. The maximum atomic E-state index is 13.4. The highest BCUT2D eigenvalue weighted by Gasteiger charge is 2.72. The molecule has 3 saturated carbocycles. The maximum Gasteiger partial charge on any atom is 0.320 e. The number of carboxylic acid groups (broad SMARTS) is 1. The molecular weight excluding hydrogens is 610 g/mol. The highest BCUT2D eigenvalue weighted by molar-refractivity contribution is 5.73. The molecule has 2 bridgehead atoms. The minimum Gasteiger partial charge on any atom is -0.481 e. The summed E-state index contributed by atoms with van der Waals surface area (Å²) in [6.45, 7) is 19.6. The van der Waals surface area contributed by atoms with Crippen LogP contribution in [-0.4, -0.2) is 74.2 Å². The lowest BCUT2D eigenvalue weighted by atomic mass is 9.34. The Labute approximate surface area is 287 Å². The normalized spacial score (nSPS) is 44.8. The SMILES string of the molecule is CC(=O)O[C@@H]1C[C@@]23COC[C@](C)([C@@H]2CC[C@H]2C3=CC[C@@]3(C)[C@H](C(=O)O)[C@@](C)([C@H](C)C(C)C)CC[C@]23C)[C@H]1OC(=O)CNC1CCOCC1. The first kappa shape index (κ1) is 35.8. The van der Waals surface area contributed by atoms with Gasteiger partial charge in [0, 0.05) is 37.0 Å². The Morgan fingerprint density at radius 2 is 1.67 bits per heavy atom. The minimum absolute atomic E-state index is 0.101. The number of carbonyl (C=O) groups excluding carboxylic acids is 2. The van der Waals surface area contributed by atoms with E-state index in [4.69, 9.17) is 18.9 Å². The predicted octanol–water partition coefficient (Wildman–Crippen LogP) is 6.19. The largest absolute Gasteiger partial charge is 0.481 e. The molecule has 0 aromatic heterocycles. The molecule has 0 unspecified atom stereocenters. The quantitative estimate of drug-likeness (QED) is 0.230. The average molecular weight is 672 g/mol. The fourth-order valence-corrected chi connectivity index (χ4v) is 12.4. The molecule has 11 atom stereocenters. The molecule has 6 rings (SSSR count). The summed E-state index contributed by atoms with van der Waals surface area (Å²) < 4.78 is 24.4. The van der Waals surface area contributed by atoms with Crippen LogP contribution >= 0.6 is 0 Å². The van der Waals surface area contributed by atoms with Crippen LogP contribution in [-0.2, 0) is 33.3 Å². The molecule has 2 saturated heterocycles. The summed E-state index contributed by atoms with van der Waals surface area (Å²) in [5, 5.41) is 14.3. The van der Waals surface area contributed by atoms with Crippen LogP contribution in [0.3, 0.4) is 0 Å². The highest BCUT2D eigenvalue weighted by atomic mass is 16.6. The monoisotopic (exact) mass is 671 g/mol. The van der Waals surface area contributed by atoms with Crippen molar-refractivity contribution in [2.75, 3.05) is 33.0 Å².